The van der Waals surface area contributed by atoms with Crippen LogP contribution in [-0.4, -0.2) is 23.7 Å². The van der Waals surface area contributed by atoms with Crippen molar-refractivity contribution in [2.45, 2.75) is 18.9 Å². The lowest BCUT2D eigenvalue weighted by Gasteiger charge is -2.15. The van der Waals surface area contributed by atoms with E-state index < -0.39 is 5.97 Å². The minimum absolute atomic E-state index is 0.0404. The lowest BCUT2D eigenvalue weighted by atomic mass is 9.95. The predicted octanol–water partition coefficient (Wildman–Crippen LogP) is 1.95. The van der Waals surface area contributed by atoms with E-state index in [4.69, 9.17) is 16.7 Å². The van der Waals surface area contributed by atoms with Gasteiger partial charge in [0.15, 0.2) is 0 Å². The van der Waals surface area contributed by atoms with E-state index in [0.717, 1.165) is 18.5 Å². The molecule has 0 aromatic heterocycles. The van der Waals surface area contributed by atoms with Gasteiger partial charge >= 0.3 is 5.97 Å². The minimum Gasteiger partial charge on any atom is -0.481 e. The number of carboxylic acid groups (broad SMARTS) is 1. The van der Waals surface area contributed by atoms with Gasteiger partial charge in [0, 0.05) is 11.1 Å². The van der Waals surface area contributed by atoms with Gasteiger partial charge in [0.2, 0.25) is 0 Å². The molecule has 1 aromatic carbocycles. The van der Waals surface area contributed by atoms with Crippen molar-refractivity contribution < 1.29 is 9.90 Å². The lowest BCUT2D eigenvalue weighted by molar-refractivity contribution is -0.141. The van der Waals surface area contributed by atoms with Crippen LogP contribution in [0.25, 0.3) is 0 Å². The van der Waals surface area contributed by atoms with Gasteiger partial charge in [-0.1, -0.05) is 23.7 Å². The van der Waals surface area contributed by atoms with Gasteiger partial charge in [0.1, 0.15) is 0 Å². The molecule has 3 nitrogen and oxygen atoms in total. The fourth-order valence-corrected chi connectivity index (χ4v) is 2.28. The predicted molar refractivity (Wildman–Crippen MR) is 62.7 cm³/mol. The molecule has 0 aliphatic carbocycles. The number of halogens is 1. The van der Waals surface area contributed by atoms with Crippen molar-refractivity contribution in [3.8, 4) is 0 Å². The van der Waals surface area contributed by atoms with E-state index in [2.05, 4.69) is 5.32 Å². The van der Waals surface area contributed by atoms with Crippen LogP contribution in [0.15, 0.2) is 24.3 Å². The molecule has 1 saturated heterocycles. The molecule has 0 saturated carbocycles. The van der Waals surface area contributed by atoms with Crippen molar-refractivity contribution in [3.63, 3.8) is 0 Å². The highest BCUT2D eigenvalue weighted by molar-refractivity contribution is 6.30. The Kier molecular flexibility index (Phi) is 3.46. The van der Waals surface area contributed by atoms with Crippen molar-refractivity contribution in [1.82, 2.24) is 5.32 Å². The number of hydrogen-bond donors (Lipinski definition) is 2. The third kappa shape index (κ3) is 2.54. The molecule has 2 atom stereocenters. The second-order valence-electron chi connectivity index (χ2n) is 4.12. The quantitative estimate of drug-likeness (QED) is 0.848. The average molecular weight is 240 g/mol. The normalized spacial score (nSPS) is 24.6. The topological polar surface area (TPSA) is 49.3 Å². The van der Waals surface area contributed by atoms with Crippen molar-refractivity contribution in [2.24, 2.45) is 5.92 Å². The lowest BCUT2D eigenvalue weighted by Crippen LogP contribution is -2.33. The first kappa shape index (κ1) is 11.4. The second-order valence-corrected chi connectivity index (χ2v) is 4.56. The summed E-state index contributed by atoms with van der Waals surface area (Å²) in [6.07, 6.45) is 1.46. The number of benzene rings is 1. The first-order valence-corrected chi connectivity index (χ1v) is 5.75. The van der Waals surface area contributed by atoms with Crippen LogP contribution in [0.1, 0.15) is 12.0 Å². The fourth-order valence-electron chi connectivity index (χ4n) is 2.15. The van der Waals surface area contributed by atoms with E-state index in [0.29, 0.717) is 11.4 Å². The minimum atomic E-state index is -0.705. The average Bonchev–Trinajstić information content (AvgIpc) is 2.69. The molecule has 2 unspecified atom stereocenters. The van der Waals surface area contributed by atoms with E-state index >= 15 is 0 Å². The molecule has 0 spiro atoms. The molecule has 1 aromatic rings. The van der Waals surface area contributed by atoms with Crippen LogP contribution in [0.4, 0.5) is 0 Å². The maximum Gasteiger partial charge on any atom is 0.308 e. The van der Waals surface area contributed by atoms with Crippen LogP contribution in [0.2, 0.25) is 5.02 Å². The second kappa shape index (κ2) is 4.85. The Morgan fingerprint density at radius 1 is 1.44 bits per heavy atom. The molecule has 1 fully saturated rings. The maximum atomic E-state index is 11.0. The molecule has 0 amide bonds. The summed E-state index contributed by atoms with van der Waals surface area (Å²) in [7, 11) is 0. The zero-order valence-electron chi connectivity index (χ0n) is 8.82. The molecule has 0 radical (unpaired) electrons. The van der Waals surface area contributed by atoms with Crippen LogP contribution >= 0.6 is 11.6 Å². The van der Waals surface area contributed by atoms with Gasteiger partial charge < -0.3 is 10.4 Å². The number of carbonyl (C=O) groups is 1. The van der Waals surface area contributed by atoms with E-state index in [-0.39, 0.29) is 12.0 Å². The first-order chi connectivity index (χ1) is 7.66. The third-order valence-corrected chi connectivity index (χ3v) is 3.29. The highest BCUT2D eigenvalue weighted by atomic mass is 35.5. The summed E-state index contributed by atoms with van der Waals surface area (Å²) < 4.78 is 0. The van der Waals surface area contributed by atoms with Gasteiger partial charge in [-0.3, -0.25) is 4.79 Å². The molecule has 1 aliphatic heterocycles. The SMILES string of the molecule is O=C(O)C1CCNC1Cc1ccc(Cl)cc1. The smallest absolute Gasteiger partial charge is 0.308 e. The fraction of sp³-hybridized carbons (Fsp3) is 0.417. The van der Waals surface area contributed by atoms with Crippen molar-refractivity contribution in [1.29, 1.82) is 0 Å². The van der Waals surface area contributed by atoms with Crippen molar-refractivity contribution >= 4 is 17.6 Å². The van der Waals surface area contributed by atoms with E-state index in [1.165, 1.54) is 0 Å². The van der Waals surface area contributed by atoms with E-state index in [1.807, 2.05) is 24.3 Å². The zero-order chi connectivity index (χ0) is 11.5. The van der Waals surface area contributed by atoms with Gasteiger partial charge in [0.25, 0.3) is 0 Å². The zero-order valence-corrected chi connectivity index (χ0v) is 9.57. The standard InChI is InChI=1S/C12H14ClNO2/c13-9-3-1-8(2-4-9)7-11-10(12(15)16)5-6-14-11/h1-4,10-11,14H,5-7H2,(H,15,16). The Hall–Kier alpha value is -1.06. The summed E-state index contributed by atoms with van der Waals surface area (Å²) in [5.74, 6) is -0.973. The summed E-state index contributed by atoms with van der Waals surface area (Å²) >= 11 is 5.80. The molecule has 16 heavy (non-hydrogen) atoms. The molecule has 2 N–H and O–H groups in total. The van der Waals surface area contributed by atoms with Crippen LogP contribution in [0.5, 0.6) is 0 Å². The van der Waals surface area contributed by atoms with Crippen LogP contribution < -0.4 is 5.32 Å². The Bertz CT molecular complexity index is 377. The number of aliphatic carboxylic acids is 1. The molecule has 86 valence electrons. The summed E-state index contributed by atoms with van der Waals surface area (Å²) in [5, 5.41) is 13.0. The van der Waals surface area contributed by atoms with Gasteiger partial charge in [-0.05, 0) is 37.1 Å². The number of carboxylic acids is 1. The van der Waals surface area contributed by atoms with Crippen LogP contribution in [0, 0.1) is 5.92 Å². The van der Waals surface area contributed by atoms with Crippen molar-refractivity contribution in [2.75, 3.05) is 6.54 Å². The largest absolute Gasteiger partial charge is 0.481 e. The molecule has 0 bridgehead atoms. The third-order valence-electron chi connectivity index (χ3n) is 3.03. The molecule has 2 rings (SSSR count). The van der Waals surface area contributed by atoms with Gasteiger partial charge in [-0.2, -0.15) is 0 Å². The number of nitrogens with one attached hydrogen (secondary N) is 1. The van der Waals surface area contributed by atoms with Crippen LogP contribution in [0.3, 0.4) is 0 Å². The summed E-state index contributed by atoms with van der Waals surface area (Å²) in [5.41, 5.74) is 1.12. The Morgan fingerprint density at radius 3 is 2.75 bits per heavy atom. The maximum absolute atomic E-state index is 11.0. The Labute approximate surface area is 99.4 Å². The highest BCUT2D eigenvalue weighted by Gasteiger charge is 2.32. The summed E-state index contributed by atoms with van der Waals surface area (Å²) in [4.78, 5) is 11.0. The summed E-state index contributed by atoms with van der Waals surface area (Å²) in [6, 6.07) is 7.60. The molecule has 1 aliphatic rings. The van der Waals surface area contributed by atoms with Gasteiger partial charge in [-0.25, -0.2) is 0 Å². The molecule has 1 heterocycles. The number of hydrogen-bond acceptors (Lipinski definition) is 2. The van der Waals surface area contributed by atoms with Crippen molar-refractivity contribution in [3.05, 3.63) is 34.9 Å². The first-order valence-electron chi connectivity index (χ1n) is 5.37. The highest BCUT2D eigenvalue weighted by Crippen LogP contribution is 2.20. The van der Waals surface area contributed by atoms with E-state index in [9.17, 15) is 4.79 Å². The molecular weight excluding hydrogens is 226 g/mol. The van der Waals surface area contributed by atoms with Gasteiger partial charge in [0.05, 0.1) is 5.92 Å². The Balaban J connectivity index is 2.03. The summed E-state index contributed by atoms with van der Waals surface area (Å²) in [6.45, 7) is 0.787. The molecule has 4 heteroatoms. The number of rotatable bonds is 3. The van der Waals surface area contributed by atoms with Gasteiger partial charge in [-0.15, -0.1) is 0 Å². The monoisotopic (exact) mass is 239 g/mol. The molecular formula is C12H14ClNO2. The Morgan fingerprint density at radius 2 is 2.12 bits per heavy atom. The van der Waals surface area contributed by atoms with E-state index in [1.54, 1.807) is 0 Å². The van der Waals surface area contributed by atoms with Crippen LogP contribution in [-0.2, 0) is 11.2 Å².